The number of hydrogen-bond donors (Lipinski definition) is 1. The second-order valence-corrected chi connectivity index (χ2v) is 9.48. The van der Waals surface area contributed by atoms with Gasteiger partial charge in [-0.3, -0.25) is 4.90 Å². The summed E-state index contributed by atoms with van der Waals surface area (Å²) in [7, 11) is 1.77. The molecule has 2 bridgehead atoms. The van der Waals surface area contributed by atoms with Gasteiger partial charge < -0.3 is 9.84 Å². The molecule has 2 aliphatic heterocycles. The van der Waals surface area contributed by atoms with Crippen LogP contribution in [-0.4, -0.2) is 67.1 Å². The molecule has 2 saturated heterocycles. The van der Waals surface area contributed by atoms with E-state index in [0.29, 0.717) is 28.6 Å². The molecule has 164 valence electrons. The molecule has 2 aromatic heterocycles. The zero-order chi connectivity index (χ0) is 21.9. The molecule has 0 aliphatic carbocycles. The lowest BCUT2D eigenvalue weighted by atomic mass is 9.88. The van der Waals surface area contributed by atoms with Crippen molar-refractivity contribution in [1.82, 2.24) is 24.9 Å². The summed E-state index contributed by atoms with van der Waals surface area (Å²) in [5, 5.41) is 23.9. The Labute approximate surface area is 182 Å². The quantitative estimate of drug-likeness (QED) is 0.657. The lowest BCUT2D eigenvalue weighted by Gasteiger charge is -2.42. The molecule has 31 heavy (non-hydrogen) atoms. The highest BCUT2D eigenvalue weighted by molar-refractivity contribution is 7.16. The first-order valence-corrected chi connectivity index (χ1v) is 10.9. The van der Waals surface area contributed by atoms with E-state index in [9.17, 15) is 13.9 Å². The van der Waals surface area contributed by atoms with Crippen molar-refractivity contribution in [2.75, 3.05) is 7.05 Å². The van der Waals surface area contributed by atoms with Crippen LogP contribution in [0.1, 0.15) is 25.5 Å². The fraction of sp³-hybridized carbons (Fsp3) is 0.476. The molecule has 0 saturated carbocycles. The summed E-state index contributed by atoms with van der Waals surface area (Å²) in [4.78, 5) is 1.80. The van der Waals surface area contributed by atoms with Gasteiger partial charge in [0.1, 0.15) is 18.0 Å². The number of phenols is 1. The molecule has 1 aromatic carbocycles. The average molecular weight is 448 g/mol. The van der Waals surface area contributed by atoms with Crippen molar-refractivity contribution in [3.05, 3.63) is 36.2 Å². The lowest BCUT2D eigenvalue weighted by Crippen LogP contribution is -2.54. The molecule has 3 aromatic rings. The number of benzene rings is 1. The van der Waals surface area contributed by atoms with Crippen LogP contribution in [-0.2, 0) is 0 Å². The first-order valence-electron chi connectivity index (χ1n) is 10.1. The summed E-state index contributed by atoms with van der Waals surface area (Å²) >= 11 is 1.20. The third-order valence-electron chi connectivity index (χ3n) is 6.56. The third kappa shape index (κ3) is 3.28. The Balaban J connectivity index is 1.33. The summed E-state index contributed by atoms with van der Waals surface area (Å²) in [6.07, 6.45) is -0.798. The van der Waals surface area contributed by atoms with Crippen LogP contribution in [0, 0.1) is 6.92 Å². The Hall–Kier alpha value is -2.59. The van der Waals surface area contributed by atoms with Crippen LogP contribution in [0.3, 0.4) is 0 Å². The monoisotopic (exact) mass is 447 g/mol. The Bertz CT molecular complexity index is 1110. The predicted molar refractivity (Wildman–Crippen MR) is 112 cm³/mol. The van der Waals surface area contributed by atoms with Crippen LogP contribution in [0.4, 0.5) is 8.78 Å². The van der Waals surface area contributed by atoms with Gasteiger partial charge in [0, 0.05) is 31.1 Å². The SMILES string of the molecule is Cc1ccn(-c2ccc(-c3nnc(OC4CC5C(F)C(F)C(C)(C4)N5C)s3)c(O)c2)n1. The van der Waals surface area contributed by atoms with Gasteiger partial charge in [0.05, 0.1) is 22.5 Å². The van der Waals surface area contributed by atoms with Crippen molar-refractivity contribution in [2.45, 2.75) is 56.7 Å². The molecule has 5 atom stereocenters. The fourth-order valence-electron chi connectivity index (χ4n) is 4.68. The average Bonchev–Trinajstić information content (AvgIpc) is 3.39. The van der Waals surface area contributed by atoms with Crippen LogP contribution in [0.2, 0.25) is 0 Å². The molecular weight excluding hydrogens is 424 g/mol. The Morgan fingerprint density at radius 3 is 2.74 bits per heavy atom. The van der Waals surface area contributed by atoms with E-state index < -0.39 is 23.9 Å². The van der Waals surface area contributed by atoms with E-state index in [0.717, 1.165) is 11.4 Å². The molecule has 2 fully saturated rings. The molecule has 5 unspecified atom stereocenters. The number of aryl methyl sites for hydroxylation is 1. The van der Waals surface area contributed by atoms with Gasteiger partial charge in [-0.2, -0.15) is 5.10 Å². The molecule has 2 aliphatic rings. The molecule has 1 N–H and O–H groups in total. The third-order valence-corrected chi connectivity index (χ3v) is 7.41. The minimum Gasteiger partial charge on any atom is -0.507 e. The fourth-order valence-corrected chi connectivity index (χ4v) is 5.48. The Morgan fingerprint density at radius 1 is 1.26 bits per heavy atom. The van der Waals surface area contributed by atoms with Crippen molar-refractivity contribution in [3.63, 3.8) is 0 Å². The van der Waals surface area contributed by atoms with Gasteiger partial charge in [-0.25, -0.2) is 13.5 Å². The summed E-state index contributed by atoms with van der Waals surface area (Å²) < 4.78 is 36.5. The molecule has 0 amide bonds. The Kier molecular flexibility index (Phi) is 4.74. The normalized spacial score (nSPS) is 30.6. The number of aromatic nitrogens is 4. The van der Waals surface area contributed by atoms with E-state index in [2.05, 4.69) is 15.3 Å². The minimum atomic E-state index is -1.53. The number of piperidine rings is 1. The minimum absolute atomic E-state index is 0.0544. The number of halogens is 2. The first-order chi connectivity index (χ1) is 14.8. The molecule has 10 heteroatoms. The lowest BCUT2D eigenvalue weighted by molar-refractivity contribution is -0.00242. The van der Waals surface area contributed by atoms with Gasteiger partial charge in [-0.15, -0.1) is 5.10 Å². The van der Waals surface area contributed by atoms with E-state index in [1.54, 1.807) is 35.7 Å². The molecule has 0 radical (unpaired) electrons. The van der Waals surface area contributed by atoms with E-state index in [-0.39, 0.29) is 11.9 Å². The number of fused-ring (bicyclic) bond motifs is 2. The number of alkyl halides is 2. The first kappa shape index (κ1) is 20.3. The van der Waals surface area contributed by atoms with Crippen molar-refractivity contribution < 1.29 is 18.6 Å². The smallest absolute Gasteiger partial charge is 0.294 e. The van der Waals surface area contributed by atoms with Gasteiger partial charge in [0.15, 0.2) is 11.2 Å². The number of nitrogens with zero attached hydrogens (tertiary/aromatic N) is 5. The maximum Gasteiger partial charge on any atom is 0.294 e. The molecule has 4 heterocycles. The highest BCUT2D eigenvalue weighted by atomic mass is 32.1. The maximum absolute atomic E-state index is 14.5. The summed E-state index contributed by atoms with van der Waals surface area (Å²) in [5.41, 5.74) is 1.25. The zero-order valence-electron chi connectivity index (χ0n) is 17.4. The van der Waals surface area contributed by atoms with Crippen LogP contribution in [0.5, 0.6) is 10.9 Å². The summed E-state index contributed by atoms with van der Waals surface area (Å²) in [6.45, 7) is 3.64. The second-order valence-electron chi connectivity index (χ2n) is 8.54. The largest absolute Gasteiger partial charge is 0.507 e. The topological polar surface area (TPSA) is 76.3 Å². The van der Waals surface area contributed by atoms with E-state index >= 15 is 0 Å². The predicted octanol–water partition coefficient (Wildman–Crippen LogP) is 3.69. The van der Waals surface area contributed by atoms with E-state index in [1.807, 2.05) is 25.3 Å². The van der Waals surface area contributed by atoms with Crippen molar-refractivity contribution in [3.8, 4) is 27.2 Å². The summed E-state index contributed by atoms with van der Waals surface area (Å²) in [5.74, 6) is 0.0544. The number of phenolic OH excluding ortho intramolecular Hbond substituents is 1. The molecule has 0 spiro atoms. The van der Waals surface area contributed by atoms with Crippen LogP contribution in [0.15, 0.2) is 30.5 Å². The van der Waals surface area contributed by atoms with Crippen molar-refractivity contribution >= 4 is 11.3 Å². The number of ether oxygens (including phenoxy) is 1. The molecule has 7 nitrogen and oxygen atoms in total. The van der Waals surface area contributed by atoms with Crippen molar-refractivity contribution in [1.29, 1.82) is 0 Å². The van der Waals surface area contributed by atoms with Crippen molar-refractivity contribution in [2.24, 2.45) is 0 Å². The zero-order valence-corrected chi connectivity index (χ0v) is 18.2. The van der Waals surface area contributed by atoms with Crippen LogP contribution in [0.25, 0.3) is 16.3 Å². The number of rotatable bonds is 4. The van der Waals surface area contributed by atoms with Gasteiger partial charge >= 0.3 is 0 Å². The summed E-state index contributed by atoms with van der Waals surface area (Å²) in [6, 6.07) is 6.58. The van der Waals surface area contributed by atoms with Gasteiger partial charge in [0.25, 0.3) is 5.19 Å². The highest BCUT2D eigenvalue weighted by Crippen LogP contribution is 2.47. The standard InChI is InChI=1S/C21H23F2N5O2S/c1-11-6-7-28(26-11)12-4-5-14(16(29)8-12)19-24-25-20(31-19)30-13-9-15-17(22)18(23)21(2,10-13)27(15)3/h4-8,13,15,17-18,29H,9-10H2,1-3H3. The highest BCUT2D eigenvalue weighted by Gasteiger charge is 2.60. The van der Waals surface area contributed by atoms with Crippen LogP contribution < -0.4 is 4.74 Å². The molecule has 5 rings (SSSR count). The number of hydrogen-bond acceptors (Lipinski definition) is 7. The van der Waals surface area contributed by atoms with Gasteiger partial charge in [0.2, 0.25) is 0 Å². The van der Waals surface area contributed by atoms with Gasteiger partial charge in [-0.1, -0.05) is 16.4 Å². The van der Waals surface area contributed by atoms with E-state index in [4.69, 9.17) is 4.74 Å². The number of aromatic hydroxyl groups is 1. The second kappa shape index (κ2) is 7.23. The maximum atomic E-state index is 14.5. The molecular formula is C21H23F2N5O2S. The Morgan fingerprint density at radius 2 is 2.06 bits per heavy atom. The van der Waals surface area contributed by atoms with Gasteiger partial charge in [-0.05, 0) is 39.1 Å². The van der Waals surface area contributed by atoms with Crippen LogP contribution >= 0.6 is 11.3 Å². The van der Waals surface area contributed by atoms with E-state index in [1.165, 1.54) is 11.3 Å².